The molecule has 6 fully saturated rings. The first-order valence-corrected chi connectivity index (χ1v) is 13.8. The van der Waals surface area contributed by atoms with Crippen molar-refractivity contribution in [2.75, 3.05) is 11.9 Å². The van der Waals surface area contributed by atoms with Gasteiger partial charge in [-0.05, 0) is 68.9 Å². The fourth-order valence-electron chi connectivity index (χ4n) is 8.19. The summed E-state index contributed by atoms with van der Waals surface area (Å²) < 4.78 is 44.6. The minimum atomic E-state index is -4.55. The molecule has 2 saturated heterocycles. The molecule has 12 heteroatoms. The smallest absolute Gasteiger partial charge is 0.389 e. The van der Waals surface area contributed by atoms with E-state index in [1.165, 1.54) is 0 Å². The number of hydrogen-bond donors (Lipinski definition) is 4. The Kier molecular flexibility index (Phi) is 6.06. The summed E-state index contributed by atoms with van der Waals surface area (Å²) in [7, 11) is 0. The molecule has 5 atom stereocenters. The van der Waals surface area contributed by atoms with Crippen molar-refractivity contribution in [3.05, 3.63) is 28.8 Å². The first-order valence-electron chi connectivity index (χ1n) is 13.4. The highest BCUT2D eigenvalue weighted by Crippen LogP contribution is 2.67. The van der Waals surface area contributed by atoms with Crippen LogP contribution in [0.5, 0.6) is 0 Å². The van der Waals surface area contributed by atoms with E-state index in [0.717, 1.165) is 11.3 Å². The number of alkyl halides is 3. The number of guanidine groups is 1. The molecule has 4 N–H and O–H groups in total. The molecule has 2 aliphatic heterocycles. The molecule has 2 heterocycles. The molecule has 0 aromatic heterocycles. The average molecular weight is 569 g/mol. The maximum Gasteiger partial charge on any atom is 0.414 e. The summed E-state index contributed by atoms with van der Waals surface area (Å²) in [5.74, 6) is -0.332. The van der Waals surface area contributed by atoms with Gasteiger partial charge >= 0.3 is 6.18 Å². The number of rotatable bonds is 4. The second kappa shape index (κ2) is 8.81. The zero-order valence-electron chi connectivity index (χ0n) is 21.5. The zero-order chi connectivity index (χ0) is 28.0. The molecular formula is C27H32ClF3N4O4. The number of anilines is 1. The minimum Gasteiger partial charge on any atom is -0.389 e. The molecule has 0 radical (unpaired) electrons. The van der Waals surface area contributed by atoms with Crippen LogP contribution in [0.15, 0.2) is 18.2 Å². The van der Waals surface area contributed by atoms with Gasteiger partial charge in [0.25, 0.3) is 0 Å². The highest BCUT2D eigenvalue weighted by atomic mass is 35.5. The van der Waals surface area contributed by atoms with E-state index < -0.39 is 47.2 Å². The van der Waals surface area contributed by atoms with Crippen LogP contribution < -0.4 is 10.6 Å². The van der Waals surface area contributed by atoms with Gasteiger partial charge in [-0.25, -0.2) is 0 Å². The topological polar surface area (TPSA) is 115 Å². The molecule has 2 amide bonds. The van der Waals surface area contributed by atoms with Gasteiger partial charge in [-0.15, -0.1) is 0 Å². The normalized spacial score (nSPS) is 39.7. The fraction of sp³-hybridized carbons (Fsp3) is 0.667. The van der Waals surface area contributed by atoms with Crippen LogP contribution in [-0.2, 0) is 19.9 Å². The van der Waals surface area contributed by atoms with Crippen molar-refractivity contribution in [1.29, 1.82) is 5.41 Å². The van der Waals surface area contributed by atoms with Gasteiger partial charge in [0, 0.05) is 19.1 Å². The SMILES string of the molecule is C[C@@]1(c2cccc(NC(=O)C34CC5CC(CC3(O)C5)C4)c2Cl)CC(=O)N([C@@H]2CCO[C@H](C(F)(F)F)C2)C(=N)N1. The first-order chi connectivity index (χ1) is 18.2. The number of hydrogen-bond acceptors (Lipinski definition) is 5. The van der Waals surface area contributed by atoms with Crippen LogP contribution in [0, 0.1) is 22.7 Å². The summed E-state index contributed by atoms with van der Waals surface area (Å²) in [6.07, 6.45) is -3.27. The summed E-state index contributed by atoms with van der Waals surface area (Å²) in [6, 6.07) is 4.24. The Morgan fingerprint density at radius 1 is 1.23 bits per heavy atom. The van der Waals surface area contributed by atoms with E-state index in [1.807, 2.05) is 0 Å². The van der Waals surface area contributed by atoms with E-state index in [1.54, 1.807) is 25.1 Å². The molecular weight excluding hydrogens is 537 g/mol. The zero-order valence-corrected chi connectivity index (χ0v) is 22.3. The number of ether oxygens (including phenoxy) is 1. The predicted molar refractivity (Wildman–Crippen MR) is 136 cm³/mol. The number of nitrogens with one attached hydrogen (secondary N) is 3. The van der Waals surface area contributed by atoms with E-state index in [9.17, 15) is 27.9 Å². The number of halogens is 4. The summed E-state index contributed by atoms with van der Waals surface area (Å²) >= 11 is 6.79. The quantitative estimate of drug-likeness (QED) is 0.432. The number of amides is 2. The van der Waals surface area contributed by atoms with Crippen LogP contribution in [0.2, 0.25) is 5.02 Å². The lowest BCUT2D eigenvalue weighted by Crippen LogP contribution is -2.63. The van der Waals surface area contributed by atoms with Crippen molar-refractivity contribution < 1.29 is 32.6 Å². The van der Waals surface area contributed by atoms with Gasteiger partial charge in [-0.3, -0.25) is 19.9 Å². The fourth-order valence-corrected chi connectivity index (χ4v) is 8.57. The molecule has 8 nitrogen and oxygen atoms in total. The second-order valence-electron chi connectivity index (χ2n) is 12.3. The molecule has 4 bridgehead atoms. The highest BCUT2D eigenvalue weighted by Gasteiger charge is 2.69. The van der Waals surface area contributed by atoms with Gasteiger partial charge in [0.15, 0.2) is 12.1 Å². The third-order valence-corrected chi connectivity index (χ3v) is 10.2. The van der Waals surface area contributed by atoms with Crippen molar-refractivity contribution >= 4 is 35.1 Å². The van der Waals surface area contributed by atoms with Crippen molar-refractivity contribution in [3.8, 4) is 0 Å². The molecule has 0 spiro atoms. The molecule has 4 aliphatic carbocycles. The van der Waals surface area contributed by atoms with Gasteiger partial charge in [-0.1, -0.05) is 23.7 Å². The molecule has 1 aromatic carbocycles. The van der Waals surface area contributed by atoms with Crippen LogP contribution in [0.3, 0.4) is 0 Å². The Hall–Kier alpha value is -2.37. The Morgan fingerprint density at radius 2 is 1.92 bits per heavy atom. The monoisotopic (exact) mass is 568 g/mol. The van der Waals surface area contributed by atoms with Gasteiger partial charge in [0.05, 0.1) is 33.7 Å². The van der Waals surface area contributed by atoms with Crippen molar-refractivity contribution in [2.45, 2.75) is 87.8 Å². The maximum absolute atomic E-state index is 13.6. The van der Waals surface area contributed by atoms with E-state index in [4.69, 9.17) is 21.7 Å². The maximum atomic E-state index is 13.6. The third-order valence-electron chi connectivity index (χ3n) is 9.76. The summed E-state index contributed by atoms with van der Waals surface area (Å²) in [4.78, 5) is 28.0. The van der Waals surface area contributed by atoms with E-state index in [2.05, 4.69) is 10.6 Å². The lowest BCUT2D eigenvalue weighted by molar-refractivity contribution is -0.235. The molecule has 7 rings (SSSR count). The second-order valence-corrected chi connectivity index (χ2v) is 12.7. The van der Waals surface area contributed by atoms with Gasteiger partial charge < -0.3 is 20.5 Å². The number of benzene rings is 1. The van der Waals surface area contributed by atoms with Gasteiger partial charge in [0.2, 0.25) is 11.8 Å². The lowest BCUT2D eigenvalue weighted by Gasteiger charge is -2.46. The Balaban J connectivity index is 1.21. The van der Waals surface area contributed by atoms with Crippen LogP contribution >= 0.6 is 11.6 Å². The lowest BCUT2D eigenvalue weighted by atomic mass is 9.74. The van der Waals surface area contributed by atoms with E-state index in [-0.39, 0.29) is 36.3 Å². The Labute approximate surface area is 229 Å². The predicted octanol–water partition coefficient (Wildman–Crippen LogP) is 4.30. The van der Waals surface area contributed by atoms with Crippen molar-refractivity contribution in [2.24, 2.45) is 17.3 Å². The van der Waals surface area contributed by atoms with E-state index >= 15 is 0 Å². The number of aliphatic hydroxyl groups is 1. The molecule has 4 saturated carbocycles. The molecule has 39 heavy (non-hydrogen) atoms. The third kappa shape index (κ3) is 4.14. The number of carbonyl (C=O) groups excluding carboxylic acids is 2. The van der Waals surface area contributed by atoms with Gasteiger partial charge in [0.1, 0.15) is 0 Å². The summed E-state index contributed by atoms with van der Waals surface area (Å²) in [6.45, 7) is 1.54. The van der Waals surface area contributed by atoms with Crippen LogP contribution in [0.4, 0.5) is 18.9 Å². The van der Waals surface area contributed by atoms with Crippen LogP contribution in [0.1, 0.15) is 63.9 Å². The minimum absolute atomic E-state index is 0.145. The van der Waals surface area contributed by atoms with Crippen LogP contribution in [-0.4, -0.2) is 58.3 Å². The number of carbonyl (C=O) groups is 2. The Morgan fingerprint density at radius 3 is 2.56 bits per heavy atom. The molecule has 2 unspecified atom stereocenters. The average Bonchev–Trinajstić information content (AvgIpc) is 3.16. The largest absolute Gasteiger partial charge is 0.414 e. The molecule has 212 valence electrons. The molecule has 1 aromatic rings. The van der Waals surface area contributed by atoms with Crippen molar-refractivity contribution in [3.63, 3.8) is 0 Å². The summed E-state index contributed by atoms with van der Waals surface area (Å²) in [5.41, 5.74) is -2.12. The highest BCUT2D eigenvalue weighted by molar-refractivity contribution is 6.34. The molecule has 6 aliphatic rings. The number of nitrogens with zero attached hydrogens (tertiary/aromatic N) is 1. The summed E-state index contributed by atoms with van der Waals surface area (Å²) in [5, 5.41) is 26.0. The van der Waals surface area contributed by atoms with Gasteiger partial charge in [-0.2, -0.15) is 13.2 Å². The standard InChI is InChI=1S/C27H32ClF3N4O4/c1-24(13-20(36)35(23(32)34-24)16-5-6-39-19(8-16)27(29,30)31)17-3-2-4-18(21(17)28)33-22(37)25-9-14-7-15(10-25)12-26(25,38)11-14/h2-4,14-16,19,38H,5-13H2,1H3,(H2,32,34)(H,33,37)/t14?,15?,16-,19+,24+,25?,26?/m1/s1. The van der Waals surface area contributed by atoms with Crippen molar-refractivity contribution in [1.82, 2.24) is 10.2 Å². The Bertz CT molecular complexity index is 1210. The first kappa shape index (κ1) is 26.8. The van der Waals surface area contributed by atoms with Crippen LogP contribution in [0.25, 0.3) is 0 Å². The van der Waals surface area contributed by atoms with E-state index in [0.29, 0.717) is 48.8 Å².